The van der Waals surface area contributed by atoms with Crippen molar-refractivity contribution in [1.29, 1.82) is 0 Å². The highest BCUT2D eigenvalue weighted by Crippen LogP contribution is 2.39. The highest BCUT2D eigenvalue weighted by molar-refractivity contribution is 5.92. The van der Waals surface area contributed by atoms with E-state index < -0.39 is 12.6 Å². The molecule has 1 aliphatic carbocycles. The maximum absolute atomic E-state index is 13.0. The van der Waals surface area contributed by atoms with Gasteiger partial charge >= 0.3 is 12.6 Å². The van der Waals surface area contributed by atoms with Gasteiger partial charge in [0.1, 0.15) is 0 Å². The van der Waals surface area contributed by atoms with Crippen molar-refractivity contribution in [2.75, 3.05) is 11.5 Å². The fraction of sp³-hybridized carbons (Fsp3) is 0.308. The summed E-state index contributed by atoms with van der Waals surface area (Å²) in [6, 6.07) is 13.7. The predicted molar refractivity (Wildman–Crippen MR) is 124 cm³/mol. The molecule has 2 aromatic carbocycles. The van der Waals surface area contributed by atoms with Crippen molar-refractivity contribution in [3.63, 3.8) is 0 Å². The molecule has 1 N–H and O–H groups in total. The van der Waals surface area contributed by atoms with E-state index in [-0.39, 0.29) is 17.1 Å². The Labute approximate surface area is 196 Å². The van der Waals surface area contributed by atoms with E-state index in [1.807, 2.05) is 30.0 Å². The number of carboxylic acid groups (broad SMARTS) is 1. The number of ether oxygens (including phenoxy) is 2. The van der Waals surface area contributed by atoms with E-state index in [2.05, 4.69) is 9.72 Å². The van der Waals surface area contributed by atoms with E-state index in [4.69, 9.17) is 4.74 Å². The second kappa shape index (κ2) is 10.5. The number of rotatable bonds is 11. The van der Waals surface area contributed by atoms with Gasteiger partial charge in [-0.2, -0.15) is 8.78 Å². The molecule has 0 amide bonds. The maximum Gasteiger partial charge on any atom is 0.387 e. The van der Waals surface area contributed by atoms with Gasteiger partial charge in [0.2, 0.25) is 0 Å². The third-order valence-corrected chi connectivity index (χ3v) is 5.72. The Hall–Kier alpha value is -3.68. The average Bonchev–Trinajstić information content (AvgIpc) is 3.66. The molecule has 0 saturated heterocycles. The van der Waals surface area contributed by atoms with E-state index in [0.717, 1.165) is 18.4 Å². The van der Waals surface area contributed by atoms with Crippen molar-refractivity contribution in [2.24, 2.45) is 5.92 Å². The molecule has 0 atom stereocenters. The lowest BCUT2D eigenvalue weighted by Crippen LogP contribution is -2.20. The summed E-state index contributed by atoms with van der Waals surface area (Å²) in [6.45, 7) is -0.252. The van der Waals surface area contributed by atoms with Crippen molar-refractivity contribution >= 4 is 17.3 Å². The number of anilines is 2. The summed E-state index contributed by atoms with van der Waals surface area (Å²) >= 11 is 0. The van der Waals surface area contributed by atoms with Crippen LogP contribution in [0.25, 0.3) is 0 Å². The zero-order valence-corrected chi connectivity index (χ0v) is 18.8. The van der Waals surface area contributed by atoms with Crippen molar-refractivity contribution in [3.8, 4) is 11.5 Å². The Balaban J connectivity index is 1.79. The highest BCUT2D eigenvalue weighted by Gasteiger charge is 2.24. The number of carboxylic acids is 1. The molecule has 0 bridgehead atoms. The number of aromatic nitrogens is 1. The SMILES string of the molecule is CCc1c(C(=O)O)cccc1N(Cc1cccnc1)c1ccc(OC(F)F)c(OCC2CC2)c1. The lowest BCUT2D eigenvalue weighted by molar-refractivity contribution is -0.0515. The Bertz CT molecular complexity index is 1140. The zero-order valence-electron chi connectivity index (χ0n) is 18.8. The molecule has 1 heterocycles. The standard InChI is InChI=1S/C26H26F2N2O4/c1-2-20-21(25(31)32)6-3-7-22(20)30(15-18-5-4-12-29-14-18)19-10-11-23(34-26(27)28)24(13-19)33-16-17-8-9-17/h3-7,10-14,17,26H,2,8-9,15-16H2,1H3,(H,31,32). The van der Waals surface area contributed by atoms with Gasteiger partial charge in [0.25, 0.3) is 0 Å². The number of hydrogen-bond acceptors (Lipinski definition) is 5. The molecule has 6 nitrogen and oxygen atoms in total. The molecule has 178 valence electrons. The van der Waals surface area contributed by atoms with E-state index >= 15 is 0 Å². The molecular formula is C26H26F2N2O4. The number of pyridine rings is 1. The van der Waals surface area contributed by atoms with Crippen LogP contribution in [0.3, 0.4) is 0 Å². The Kier molecular flexibility index (Phi) is 7.25. The van der Waals surface area contributed by atoms with Crippen LogP contribution in [-0.2, 0) is 13.0 Å². The minimum atomic E-state index is -2.97. The first-order valence-corrected chi connectivity index (χ1v) is 11.2. The van der Waals surface area contributed by atoms with Gasteiger partial charge in [-0.05, 0) is 66.6 Å². The van der Waals surface area contributed by atoms with Gasteiger partial charge in [-0.25, -0.2) is 4.79 Å². The molecule has 1 fully saturated rings. The Morgan fingerprint density at radius 2 is 2.00 bits per heavy atom. The largest absolute Gasteiger partial charge is 0.489 e. The zero-order chi connectivity index (χ0) is 24.1. The van der Waals surface area contributed by atoms with Gasteiger partial charge < -0.3 is 19.5 Å². The van der Waals surface area contributed by atoms with Crippen LogP contribution < -0.4 is 14.4 Å². The summed E-state index contributed by atoms with van der Waals surface area (Å²) in [4.78, 5) is 18.0. The quantitative estimate of drug-likeness (QED) is 0.368. The molecule has 34 heavy (non-hydrogen) atoms. The molecule has 0 aliphatic heterocycles. The van der Waals surface area contributed by atoms with E-state index in [0.29, 0.717) is 42.4 Å². The summed E-state index contributed by atoms with van der Waals surface area (Å²) in [5.41, 5.74) is 3.17. The van der Waals surface area contributed by atoms with Gasteiger partial charge in [0.05, 0.1) is 12.2 Å². The van der Waals surface area contributed by atoms with Crippen LogP contribution >= 0.6 is 0 Å². The Morgan fingerprint density at radius 3 is 2.65 bits per heavy atom. The number of alkyl halides is 2. The van der Waals surface area contributed by atoms with Crippen LogP contribution in [0.1, 0.15) is 41.3 Å². The molecule has 3 aromatic rings. The highest BCUT2D eigenvalue weighted by atomic mass is 19.3. The van der Waals surface area contributed by atoms with Gasteiger partial charge in [-0.1, -0.05) is 19.1 Å². The monoisotopic (exact) mass is 468 g/mol. The molecular weight excluding hydrogens is 442 g/mol. The normalized spacial score (nSPS) is 13.1. The molecule has 1 saturated carbocycles. The third-order valence-electron chi connectivity index (χ3n) is 5.72. The van der Waals surface area contributed by atoms with Crippen molar-refractivity contribution < 1.29 is 28.2 Å². The molecule has 1 aliphatic rings. The minimum absolute atomic E-state index is 0.0317. The smallest absolute Gasteiger partial charge is 0.387 e. The van der Waals surface area contributed by atoms with Crippen molar-refractivity contribution in [2.45, 2.75) is 39.3 Å². The molecule has 8 heteroatoms. The lowest BCUT2D eigenvalue weighted by atomic mass is 10.0. The van der Waals surface area contributed by atoms with Gasteiger partial charge in [-0.15, -0.1) is 0 Å². The first-order chi connectivity index (χ1) is 16.5. The van der Waals surface area contributed by atoms with Gasteiger partial charge in [0.15, 0.2) is 11.5 Å². The van der Waals surface area contributed by atoms with Crippen molar-refractivity contribution in [1.82, 2.24) is 4.98 Å². The molecule has 0 radical (unpaired) electrons. The fourth-order valence-corrected chi connectivity index (χ4v) is 3.85. The third kappa shape index (κ3) is 5.62. The summed E-state index contributed by atoms with van der Waals surface area (Å²) in [5, 5.41) is 9.72. The fourth-order valence-electron chi connectivity index (χ4n) is 3.85. The number of halogens is 2. The second-order valence-electron chi connectivity index (χ2n) is 8.17. The molecule has 0 spiro atoms. The van der Waals surface area contributed by atoms with E-state index in [1.165, 1.54) is 6.07 Å². The first kappa shape index (κ1) is 23.5. The van der Waals surface area contributed by atoms with Crippen LogP contribution in [0, 0.1) is 5.92 Å². The topological polar surface area (TPSA) is 71.9 Å². The second-order valence-corrected chi connectivity index (χ2v) is 8.17. The predicted octanol–water partition coefficient (Wildman–Crippen LogP) is 6.07. The van der Waals surface area contributed by atoms with Crippen molar-refractivity contribution in [3.05, 3.63) is 77.6 Å². The van der Waals surface area contributed by atoms with E-state index in [1.54, 1.807) is 36.7 Å². The number of aromatic carboxylic acids is 1. The number of nitrogens with zero attached hydrogens (tertiary/aromatic N) is 2. The van der Waals surface area contributed by atoms with Gasteiger partial charge in [0, 0.05) is 36.4 Å². The van der Waals surface area contributed by atoms with Crippen LogP contribution in [0.2, 0.25) is 0 Å². The number of hydrogen-bond donors (Lipinski definition) is 1. The lowest BCUT2D eigenvalue weighted by Gasteiger charge is -2.29. The Morgan fingerprint density at radius 1 is 1.18 bits per heavy atom. The number of benzene rings is 2. The molecule has 0 unspecified atom stereocenters. The first-order valence-electron chi connectivity index (χ1n) is 11.2. The summed E-state index contributed by atoms with van der Waals surface area (Å²) < 4.78 is 36.5. The average molecular weight is 469 g/mol. The van der Waals surface area contributed by atoms with Crippen LogP contribution in [-0.4, -0.2) is 29.3 Å². The summed E-state index contributed by atoms with van der Waals surface area (Å²) in [5.74, 6) is -0.383. The summed E-state index contributed by atoms with van der Waals surface area (Å²) in [6.07, 6.45) is 6.02. The van der Waals surface area contributed by atoms with Crippen LogP contribution in [0.15, 0.2) is 60.9 Å². The minimum Gasteiger partial charge on any atom is -0.489 e. The van der Waals surface area contributed by atoms with Crippen LogP contribution in [0.5, 0.6) is 11.5 Å². The van der Waals surface area contributed by atoms with Crippen LogP contribution in [0.4, 0.5) is 20.2 Å². The molecule has 4 rings (SSSR count). The summed E-state index contributed by atoms with van der Waals surface area (Å²) in [7, 11) is 0. The molecule has 1 aromatic heterocycles. The number of carbonyl (C=O) groups is 1. The maximum atomic E-state index is 13.0. The van der Waals surface area contributed by atoms with E-state index in [9.17, 15) is 18.7 Å². The van der Waals surface area contributed by atoms with Gasteiger partial charge in [-0.3, -0.25) is 4.98 Å².